The van der Waals surface area contributed by atoms with Crippen molar-refractivity contribution < 1.29 is 9.72 Å². The summed E-state index contributed by atoms with van der Waals surface area (Å²) in [5.41, 5.74) is 0.410. The minimum Gasteiger partial charge on any atom is -0.339 e. The van der Waals surface area contributed by atoms with Crippen LogP contribution in [0.5, 0.6) is 0 Å². The van der Waals surface area contributed by atoms with Crippen LogP contribution in [0.1, 0.15) is 24.2 Å². The molecule has 1 rings (SSSR count). The Hall–Kier alpha value is -1.43. The van der Waals surface area contributed by atoms with Gasteiger partial charge >= 0.3 is 0 Å². The predicted octanol–water partition coefficient (Wildman–Crippen LogP) is 2.84. The van der Waals surface area contributed by atoms with Gasteiger partial charge in [-0.05, 0) is 35.8 Å². The highest BCUT2D eigenvalue weighted by Gasteiger charge is 2.17. The van der Waals surface area contributed by atoms with Crippen molar-refractivity contribution in [3.05, 3.63) is 38.3 Å². The van der Waals surface area contributed by atoms with E-state index in [1.165, 1.54) is 18.2 Å². The van der Waals surface area contributed by atoms with Crippen molar-refractivity contribution in [1.29, 1.82) is 0 Å². The van der Waals surface area contributed by atoms with Crippen LogP contribution < -0.4 is 0 Å². The first-order chi connectivity index (χ1) is 8.01. The maximum absolute atomic E-state index is 12.0. The van der Waals surface area contributed by atoms with Crippen LogP contribution in [-0.2, 0) is 0 Å². The van der Waals surface area contributed by atoms with E-state index in [4.69, 9.17) is 0 Å². The number of carbonyl (C=O) groups is 1. The summed E-state index contributed by atoms with van der Waals surface area (Å²) < 4.78 is 0.448. The van der Waals surface area contributed by atoms with Gasteiger partial charge in [0.1, 0.15) is 0 Å². The number of nitro groups is 1. The van der Waals surface area contributed by atoms with Gasteiger partial charge in [-0.25, -0.2) is 0 Å². The molecule has 0 saturated carbocycles. The first kappa shape index (κ1) is 13.6. The molecule has 0 aliphatic carbocycles. The average Bonchev–Trinajstić information content (AvgIpc) is 2.30. The fraction of sp³-hybridized carbons (Fsp3) is 0.364. The van der Waals surface area contributed by atoms with Crippen molar-refractivity contribution in [3.63, 3.8) is 0 Å². The van der Waals surface area contributed by atoms with Gasteiger partial charge in [-0.2, -0.15) is 0 Å². The van der Waals surface area contributed by atoms with E-state index in [1.807, 2.05) is 13.8 Å². The number of rotatable bonds is 4. The summed E-state index contributed by atoms with van der Waals surface area (Å²) in [5, 5.41) is 10.6. The van der Waals surface area contributed by atoms with E-state index in [1.54, 1.807) is 4.90 Å². The fourth-order valence-corrected chi connectivity index (χ4v) is 2.01. The zero-order valence-electron chi connectivity index (χ0n) is 9.64. The lowest BCUT2D eigenvalue weighted by Crippen LogP contribution is -2.30. The Kier molecular flexibility index (Phi) is 4.62. The highest BCUT2D eigenvalue weighted by Crippen LogP contribution is 2.24. The highest BCUT2D eigenvalue weighted by atomic mass is 79.9. The van der Waals surface area contributed by atoms with Gasteiger partial charge < -0.3 is 4.90 Å². The largest absolute Gasteiger partial charge is 0.339 e. The molecule has 0 N–H and O–H groups in total. The molecule has 0 aliphatic rings. The van der Waals surface area contributed by atoms with Crippen LogP contribution in [0.4, 0.5) is 5.69 Å². The first-order valence-electron chi connectivity index (χ1n) is 5.24. The van der Waals surface area contributed by atoms with Gasteiger partial charge in [0.25, 0.3) is 11.6 Å². The number of carbonyl (C=O) groups excluding carboxylic acids is 1. The van der Waals surface area contributed by atoms with Crippen molar-refractivity contribution in [2.75, 3.05) is 13.1 Å². The fourth-order valence-electron chi connectivity index (χ4n) is 1.47. The van der Waals surface area contributed by atoms with Gasteiger partial charge in [0, 0.05) is 29.7 Å². The second kappa shape index (κ2) is 5.77. The van der Waals surface area contributed by atoms with Crippen molar-refractivity contribution in [2.45, 2.75) is 13.8 Å². The predicted molar refractivity (Wildman–Crippen MR) is 68.0 cm³/mol. The maximum Gasteiger partial charge on any atom is 0.270 e. The minimum atomic E-state index is -0.490. The smallest absolute Gasteiger partial charge is 0.270 e. The zero-order chi connectivity index (χ0) is 13.0. The Morgan fingerprint density at radius 2 is 2.00 bits per heavy atom. The van der Waals surface area contributed by atoms with E-state index in [2.05, 4.69) is 15.9 Å². The van der Waals surface area contributed by atoms with Crippen molar-refractivity contribution >= 4 is 27.5 Å². The van der Waals surface area contributed by atoms with Crippen molar-refractivity contribution in [2.24, 2.45) is 0 Å². The average molecular weight is 301 g/mol. The summed E-state index contributed by atoms with van der Waals surface area (Å²) >= 11 is 3.19. The molecule has 0 heterocycles. The van der Waals surface area contributed by atoms with Gasteiger partial charge in [-0.1, -0.05) is 0 Å². The molecule has 92 valence electrons. The molecule has 0 fully saturated rings. The number of nitro benzene ring substituents is 1. The van der Waals surface area contributed by atoms with Crippen LogP contribution in [0, 0.1) is 10.1 Å². The van der Waals surface area contributed by atoms with Crippen LogP contribution in [0.15, 0.2) is 22.7 Å². The summed E-state index contributed by atoms with van der Waals surface area (Å²) in [6.45, 7) is 5.00. The molecule has 0 aromatic heterocycles. The molecule has 0 radical (unpaired) electrons. The molecule has 0 aliphatic heterocycles. The van der Waals surface area contributed by atoms with E-state index < -0.39 is 4.92 Å². The van der Waals surface area contributed by atoms with Crippen LogP contribution in [0.25, 0.3) is 0 Å². The number of halogens is 1. The number of benzene rings is 1. The van der Waals surface area contributed by atoms with Crippen molar-refractivity contribution in [3.8, 4) is 0 Å². The van der Waals surface area contributed by atoms with E-state index in [0.717, 1.165) is 0 Å². The Morgan fingerprint density at radius 3 is 2.41 bits per heavy atom. The molecule has 5 nitrogen and oxygen atoms in total. The lowest BCUT2D eigenvalue weighted by atomic mass is 10.2. The lowest BCUT2D eigenvalue weighted by molar-refractivity contribution is -0.384. The van der Waals surface area contributed by atoms with Gasteiger partial charge in [0.05, 0.1) is 10.5 Å². The van der Waals surface area contributed by atoms with Crippen molar-refractivity contribution in [1.82, 2.24) is 4.90 Å². The number of amides is 1. The Morgan fingerprint density at radius 1 is 1.41 bits per heavy atom. The molecule has 1 aromatic rings. The number of non-ortho nitro benzene ring substituents is 1. The zero-order valence-corrected chi connectivity index (χ0v) is 11.2. The van der Waals surface area contributed by atoms with Gasteiger partial charge in [-0.3, -0.25) is 14.9 Å². The van der Waals surface area contributed by atoms with E-state index in [0.29, 0.717) is 23.1 Å². The lowest BCUT2D eigenvalue weighted by Gasteiger charge is -2.19. The first-order valence-corrected chi connectivity index (χ1v) is 6.03. The normalized spacial score (nSPS) is 10.1. The molecule has 0 unspecified atom stereocenters. The molecule has 0 saturated heterocycles. The SMILES string of the molecule is CCN(CC)C(=O)c1ccc([N+](=O)[O-])cc1Br. The quantitative estimate of drug-likeness (QED) is 0.634. The molecule has 1 amide bonds. The summed E-state index contributed by atoms with van der Waals surface area (Å²) in [4.78, 5) is 23.8. The Balaban J connectivity index is 3.07. The second-order valence-corrected chi connectivity index (χ2v) is 4.25. The topological polar surface area (TPSA) is 63.5 Å². The summed E-state index contributed by atoms with van der Waals surface area (Å²) in [6, 6.07) is 4.15. The standard InChI is InChI=1S/C11H13BrN2O3/c1-3-13(4-2)11(15)9-6-5-8(14(16)17)7-10(9)12/h5-7H,3-4H2,1-2H3. The molecule has 0 spiro atoms. The maximum atomic E-state index is 12.0. The third kappa shape index (κ3) is 3.03. The minimum absolute atomic E-state index is 0.0343. The second-order valence-electron chi connectivity index (χ2n) is 3.40. The van der Waals surface area contributed by atoms with E-state index in [-0.39, 0.29) is 11.6 Å². The van der Waals surface area contributed by atoms with Gasteiger partial charge in [0.2, 0.25) is 0 Å². The highest BCUT2D eigenvalue weighted by molar-refractivity contribution is 9.10. The molecule has 1 aromatic carbocycles. The molecule has 17 heavy (non-hydrogen) atoms. The van der Waals surface area contributed by atoms with E-state index in [9.17, 15) is 14.9 Å². The van der Waals surface area contributed by atoms with Crippen LogP contribution in [0.3, 0.4) is 0 Å². The van der Waals surface area contributed by atoms with Gasteiger partial charge in [0.15, 0.2) is 0 Å². The number of hydrogen-bond donors (Lipinski definition) is 0. The molecular formula is C11H13BrN2O3. The third-order valence-electron chi connectivity index (χ3n) is 2.44. The number of hydrogen-bond acceptors (Lipinski definition) is 3. The number of nitrogens with zero attached hydrogens (tertiary/aromatic N) is 2. The molecule has 0 atom stereocenters. The molecule has 0 bridgehead atoms. The van der Waals surface area contributed by atoms with Gasteiger partial charge in [-0.15, -0.1) is 0 Å². The summed E-state index contributed by atoms with van der Waals surface area (Å²) in [7, 11) is 0. The monoisotopic (exact) mass is 300 g/mol. The van der Waals surface area contributed by atoms with Crippen LogP contribution in [-0.4, -0.2) is 28.8 Å². The Labute approximate surface area is 108 Å². The summed E-state index contributed by atoms with van der Waals surface area (Å²) in [5.74, 6) is -0.128. The van der Waals surface area contributed by atoms with E-state index >= 15 is 0 Å². The van der Waals surface area contributed by atoms with Crippen LogP contribution in [0.2, 0.25) is 0 Å². The Bertz CT molecular complexity index is 444. The third-order valence-corrected chi connectivity index (χ3v) is 3.10. The summed E-state index contributed by atoms with van der Waals surface area (Å²) in [6.07, 6.45) is 0. The van der Waals surface area contributed by atoms with Crippen LogP contribution >= 0.6 is 15.9 Å². The molecule has 6 heteroatoms. The molecular weight excluding hydrogens is 288 g/mol.